The van der Waals surface area contributed by atoms with Gasteiger partial charge in [-0.1, -0.05) is 15.9 Å². The minimum absolute atomic E-state index is 0.0231. The summed E-state index contributed by atoms with van der Waals surface area (Å²) in [6.45, 7) is 2.24. The first-order valence-electron chi connectivity index (χ1n) is 9.74. The number of aryl methyl sites for hydroxylation is 1. The Morgan fingerprint density at radius 1 is 1.22 bits per heavy atom. The number of nitrogens with one attached hydrogen (secondary N) is 1. The van der Waals surface area contributed by atoms with Crippen LogP contribution in [-0.4, -0.2) is 63.2 Å². The second kappa shape index (κ2) is 9.67. The maximum absolute atomic E-state index is 12.6. The number of hydrogen-bond donors (Lipinski definition) is 2. The van der Waals surface area contributed by atoms with E-state index in [1.54, 1.807) is 11.6 Å². The number of aliphatic hydroxyl groups excluding tert-OH is 1. The zero-order chi connectivity index (χ0) is 23.0. The van der Waals surface area contributed by atoms with Gasteiger partial charge in [-0.25, -0.2) is 4.79 Å². The quantitative estimate of drug-likeness (QED) is 0.425. The lowest BCUT2D eigenvalue weighted by Crippen LogP contribution is -2.39. The second-order valence-electron chi connectivity index (χ2n) is 7.28. The van der Waals surface area contributed by atoms with Crippen LogP contribution in [-0.2, 0) is 18.3 Å². The van der Waals surface area contributed by atoms with Gasteiger partial charge >= 0.3 is 5.69 Å². The third kappa shape index (κ3) is 4.67. The van der Waals surface area contributed by atoms with Crippen molar-refractivity contribution in [3.8, 4) is 5.75 Å². The summed E-state index contributed by atoms with van der Waals surface area (Å²) in [7, 11) is 1.54. The maximum atomic E-state index is 12.6. The molecule has 4 rings (SSSR count). The first kappa shape index (κ1) is 23.5. The first-order valence-corrected chi connectivity index (χ1v) is 12.1. The Morgan fingerprint density at radius 2 is 1.88 bits per heavy atom. The number of fused-ring (bicyclic) bond motifs is 1. The highest BCUT2D eigenvalue weighted by molar-refractivity contribution is 9.11. The number of morpholine rings is 1. The molecule has 0 bridgehead atoms. The monoisotopic (exact) mass is 635 g/mol. The molecule has 1 aromatic carbocycles. The van der Waals surface area contributed by atoms with E-state index in [0.29, 0.717) is 38.0 Å². The summed E-state index contributed by atoms with van der Waals surface area (Å²) in [6.07, 6.45) is -0.953. The molecule has 1 fully saturated rings. The van der Waals surface area contributed by atoms with Gasteiger partial charge in [0.2, 0.25) is 5.95 Å². The summed E-state index contributed by atoms with van der Waals surface area (Å²) in [5.74, 6) is 1.05. The summed E-state index contributed by atoms with van der Waals surface area (Å²) in [6, 6.07) is 3.68. The van der Waals surface area contributed by atoms with Gasteiger partial charge in [0.25, 0.3) is 5.56 Å². The molecule has 0 radical (unpaired) electrons. The van der Waals surface area contributed by atoms with Crippen LogP contribution in [0.15, 0.2) is 35.1 Å². The molecule has 3 heterocycles. The van der Waals surface area contributed by atoms with Gasteiger partial charge in [0, 0.05) is 24.6 Å². The third-order valence-electron chi connectivity index (χ3n) is 5.06. The van der Waals surface area contributed by atoms with Crippen molar-refractivity contribution in [1.29, 1.82) is 0 Å². The Balaban J connectivity index is 1.66. The van der Waals surface area contributed by atoms with Crippen molar-refractivity contribution >= 4 is 64.9 Å². The zero-order valence-electron chi connectivity index (χ0n) is 17.0. The number of aliphatic hydroxyl groups is 1. The summed E-state index contributed by atoms with van der Waals surface area (Å²) in [5, 5.41) is 10.8. The van der Waals surface area contributed by atoms with E-state index in [1.165, 1.54) is 4.57 Å². The van der Waals surface area contributed by atoms with Crippen LogP contribution in [0.5, 0.6) is 5.75 Å². The van der Waals surface area contributed by atoms with E-state index in [0.717, 1.165) is 13.4 Å². The lowest BCUT2D eigenvalue weighted by Gasteiger charge is -2.28. The molecule has 1 atom stereocenters. The standard InChI is InChI=1S/C19H20Br3N5O5/c1-25-16-14(17(29)24-19(25)30)27(18(23-16)26-2-4-31-5-3-26)8-11(28)9-32-15-12(21)6-10(20)7-13(15)22/h6-7,11,28H,2-5,8-9H2,1H3,(H,24,29,30). The van der Waals surface area contributed by atoms with Gasteiger partial charge in [-0.2, -0.15) is 4.98 Å². The highest BCUT2D eigenvalue weighted by atomic mass is 79.9. The molecular formula is C19H20Br3N5O5. The lowest BCUT2D eigenvalue weighted by atomic mass is 10.3. The van der Waals surface area contributed by atoms with Gasteiger partial charge in [0.1, 0.15) is 18.5 Å². The van der Waals surface area contributed by atoms with Crippen molar-refractivity contribution in [3.05, 3.63) is 46.4 Å². The average molecular weight is 638 g/mol. The molecule has 1 unspecified atom stereocenters. The Labute approximate surface area is 207 Å². The van der Waals surface area contributed by atoms with Gasteiger partial charge in [-0.3, -0.25) is 14.3 Å². The number of halogens is 3. The van der Waals surface area contributed by atoms with Gasteiger partial charge in [0.15, 0.2) is 11.2 Å². The van der Waals surface area contributed by atoms with Crippen molar-refractivity contribution in [2.24, 2.45) is 7.05 Å². The van der Waals surface area contributed by atoms with Crippen LogP contribution >= 0.6 is 47.8 Å². The van der Waals surface area contributed by atoms with Crippen LogP contribution in [0.4, 0.5) is 5.95 Å². The molecule has 3 aromatic rings. The van der Waals surface area contributed by atoms with Crippen molar-refractivity contribution in [3.63, 3.8) is 0 Å². The minimum Gasteiger partial charge on any atom is -0.488 e. The number of imidazole rings is 1. The predicted octanol–water partition coefficient (Wildman–Crippen LogP) is 1.99. The summed E-state index contributed by atoms with van der Waals surface area (Å²) in [4.78, 5) is 33.6. The van der Waals surface area contributed by atoms with Crippen LogP contribution in [0, 0.1) is 0 Å². The SMILES string of the molecule is Cn1c(=O)[nH]c(=O)c2c1nc(N1CCOCC1)n2CC(O)COc1c(Br)cc(Br)cc1Br. The molecule has 0 spiro atoms. The van der Waals surface area contributed by atoms with E-state index in [9.17, 15) is 14.7 Å². The molecule has 0 saturated carbocycles. The number of aromatic amines is 1. The molecule has 1 aliphatic heterocycles. The van der Waals surface area contributed by atoms with E-state index in [1.807, 2.05) is 17.0 Å². The van der Waals surface area contributed by atoms with E-state index in [-0.39, 0.29) is 24.3 Å². The summed E-state index contributed by atoms with van der Waals surface area (Å²) < 4.78 is 16.5. The smallest absolute Gasteiger partial charge is 0.329 e. The highest BCUT2D eigenvalue weighted by Gasteiger charge is 2.25. The zero-order valence-corrected chi connectivity index (χ0v) is 21.7. The number of hydrogen-bond acceptors (Lipinski definition) is 7. The summed E-state index contributed by atoms with van der Waals surface area (Å²) >= 11 is 10.3. The first-order chi connectivity index (χ1) is 15.3. The molecule has 2 N–H and O–H groups in total. The second-order valence-corrected chi connectivity index (χ2v) is 9.90. The fraction of sp³-hybridized carbons (Fsp3) is 0.421. The number of benzene rings is 1. The molecule has 2 aromatic heterocycles. The minimum atomic E-state index is -0.953. The van der Waals surface area contributed by atoms with Crippen LogP contribution in [0.25, 0.3) is 11.2 Å². The van der Waals surface area contributed by atoms with Crippen molar-refractivity contribution in [1.82, 2.24) is 19.1 Å². The van der Waals surface area contributed by atoms with Gasteiger partial charge < -0.3 is 24.0 Å². The maximum Gasteiger partial charge on any atom is 0.329 e. The van der Waals surface area contributed by atoms with E-state index in [2.05, 4.69) is 57.8 Å². The molecule has 1 saturated heterocycles. The topological polar surface area (TPSA) is 115 Å². The fourth-order valence-corrected chi connectivity index (χ4v) is 6.00. The van der Waals surface area contributed by atoms with E-state index in [4.69, 9.17) is 9.47 Å². The molecule has 0 amide bonds. The Bertz CT molecular complexity index is 1240. The molecule has 13 heteroatoms. The van der Waals surface area contributed by atoms with E-state index < -0.39 is 17.4 Å². The van der Waals surface area contributed by atoms with E-state index >= 15 is 0 Å². The van der Waals surface area contributed by atoms with Crippen molar-refractivity contribution in [2.75, 3.05) is 37.8 Å². The molecule has 32 heavy (non-hydrogen) atoms. The van der Waals surface area contributed by atoms with Gasteiger partial charge in [-0.15, -0.1) is 0 Å². The summed E-state index contributed by atoms with van der Waals surface area (Å²) in [5.41, 5.74) is -0.624. The molecule has 172 valence electrons. The number of aromatic nitrogens is 4. The molecule has 10 nitrogen and oxygen atoms in total. The Kier molecular flexibility index (Phi) is 7.10. The van der Waals surface area contributed by atoms with Crippen molar-refractivity contribution < 1.29 is 14.6 Å². The number of ether oxygens (including phenoxy) is 2. The normalized spacial score (nSPS) is 15.3. The molecule has 1 aliphatic rings. The van der Waals surface area contributed by atoms with Gasteiger partial charge in [0.05, 0.1) is 28.7 Å². The van der Waals surface area contributed by atoms with Crippen LogP contribution in [0.2, 0.25) is 0 Å². The number of rotatable bonds is 6. The average Bonchev–Trinajstić information content (AvgIpc) is 3.11. The predicted molar refractivity (Wildman–Crippen MR) is 130 cm³/mol. The molecular weight excluding hydrogens is 618 g/mol. The number of nitrogens with zero attached hydrogens (tertiary/aromatic N) is 4. The number of H-pyrrole nitrogens is 1. The highest BCUT2D eigenvalue weighted by Crippen LogP contribution is 2.36. The molecule has 0 aliphatic carbocycles. The lowest BCUT2D eigenvalue weighted by molar-refractivity contribution is 0.0920. The van der Waals surface area contributed by atoms with Gasteiger partial charge in [-0.05, 0) is 44.0 Å². The fourth-order valence-electron chi connectivity index (χ4n) is 3.51. The Morgan fingerprint density at radius 3 is 2.53 bits per heavy atom. The number of anilines is 1. The van der Waals surface area contributed by atoms with Crippen LogP contribution in [0.3, 0.4) is 0 Å². The largest absolute Gasteiger partial charge is 0.488 e. The van der Waals surface area contributed by atoms with Crippen LogP contribution < -0.4 is 20.9 Å². The van der Waals surface area contributed by atoms with Crippen LogP contribution in [0.1, 0.15) is 0 Å². The Hall–Kier alpha value is -1.67. The van der Waals surface area contributed by atoms with Crippen molar-refractivity contribution in [2.45, 2.75) is 12.6 Å². The third-order valence-corrected chi connectivity index (χ3v) is 6.69.